The van der Waals surface area contributed by atoms with Crippen LogP contribution in [0.1, 0.15) is 33.1 Å². The number of hydrogen-bond acceptors (Lipinski definition) is 2. The van der Waals surface area contributed by atoms with E-state index in [-0.39, 0.29) is 0 Å². The summed E-state index contributed by atoms with van der Waals surface area (Å²) in [5.41, 5.74) is 0. The van der Waals surface area contributed by atoms with Gasteiger partial charge in [-0.2, -0.15) is 0 Å². The smallest absolute Gasteiger partial charge is 0.0196 e. The van der Waals surface area contributed by atoms with Crippen molar-refractivity contribution in [2.45, 2.75) is 51.2 Å². The highest BCUT2D eigenvalue weighted by molar-refractivity contribution is 4.93. The SMILES string of the molecule is CCC1CN(C2CC2)C(C)CN1. The monoisotopic (exact) mass is 168 g/mol. The molecule has 0 spiro atoms. The van der Waals surface area contributed by atoms with Gasteiger partial charge >= 0.3 is 0 Å². The largest absolute Gasteiger partial charge is 0.311 e. The number of nitrogens with zero attached hydrogens (tertiary/aromatic N) is 1. The van der Waals surface area contributed by atoms with Crippen molar-refractivity contribution >= 4 is 0 Å². The summed E-state index contributed by atoms with van der Waals surface area (Å²) in [5.74, 6) is 0. The predicted molar refractivity (Wildman–Crippen MR) is 51.3 cm³/mol. The van der Waals surface area contributed by atoms with Gasteiger partial charge in [-0.15, -0.1) is 0 Å². The molecule has 0 radical (unpaired) electrons. The summed E-state index contributed by atoms with van der Waals surface area (Å²) < 4.78 is 0. The first-order valence-electron chi connectivity index (χ1n) is 5.30. The van der Waals surface area contributed by atoms with Crippen LogP contribution in [0.25, 0.3) is 0 Å². The van der Waals surface area contributed by atoms with E-state index < -0.39 is 0 Å². The van der Waals surface area contributed by atoms with Gasteiger partial charge in [0.1, 0.15) is 0 Å². The lowest BCUT2D eigenvalue weighted by molar-refractivity contribution is 0.131. The Morgan fingerprint density at radius 2 is 2.17 bits per heavy atom. The van der Waals surface area contributed by atoms with E-state index in [4.69, 9.17) is 0 Å². The second-order valence-corrected chi connectivity index (χ2v) is 4.29. The third kappa shape index (κ3) is 1.64. The van der Waals surface area contributed by atoms with Crippen molar-refractivity contribution in [3.8, 4) is 0 Å². The Morgan fingerprint density at radius 1 is 1.42 bits per heavy atom. The molecule has 0 aromatic carbocycles. The van der Waals surface area contributed by atoms with E-state index in [1.54, 1.807) is 0 Å². The fourth-order valence-corrected chi connectivity index (χ4v) is 2.14. The summed E-state index contributed by atoms with van der Waals surface area (Å²) in [6, 6.07) is 2.46. The molecule has 0 amide bonds. The van der Waals surface area contributed by atoms with Crippen molar-refractivity contribution < 1.29 is 0 Å². The first kappa shape index (κ1) is 8.52. The first-order valence-corrected chi connectivity index (χ1v) is 5.30. The first-order chi connectivity index (χ1) is 5.81. The molecule has 1 N–H and O–H groups in total. The Labute approximate surface area is 75.3 Å². The van der Waals surface area contributed by atoms with Gasteiger partial charge in [0.2, 0.25) is 0 Å². The standard InChI is InChI=1S/C10H20N2/c1-3-9-7-12(10-4-5-10)8(2)6-11-9/h8-11H,3-7H2,1-2H3. The molecular weight excluding hydrogens is 148 g/mol. The molecule has 1 heterocycles. The summed E-state index contributed by atoms with van der Waals surface area (Å²) in [6.07, 6.45) is 4.16. The van der Waals surface area contributed by atoms with Crippen molar-refractivity contribution in [2.24, 2.45) is 0 Å². The lowest BCUT2D eigenvalue weighted by atomic mass is 10.1. The second-order valence-electron chi connectivity index (χ2n) is 4.29. The van der Waals surface area contributed by atoms with E-state index in [2.05, 4.69) is 24.1 Å². The molecule has 1 aliphatic carbocycles. The molecule has 2 unspecified atom stereocenters. The molecule has 1 aliphatic heterocycles. The number of piperazine rings is 1. The van der Waals surface area contributed by atoms with Gasteiger partial charge < -0.3 is 5.32 Å². The van der Waals surface area contributed by atoms with E-state index in [1.165, 1.54) is 32.4 Å². The van der Waals surface area contributed by atoms with Crippen LogP contribution in [0.3, 0.4) is 0 Å². The van der Waals surface area contributed by atoms with Gasteiger partial charge in [0.05, 0.1) is 0 Å². The maximum Gasteiger partial charge on any atom is 0.0196 e. The minimum atomic E-state index is 0.752. The molecule has 2 aliphatic rings. The van der Waals surface area contributed by atoms with Crippen molar-refractivity contribution in [1.29, 1.82) is 0 Å². The molecule has 2 fully saturated rings. The summed E-state index contributed by atoms with van der Waals surface area (Å²) in [5, 5.41) is 3.59. The molecule has 0 aromatic heterocycles. The number of hydrogen-bond donors (Lipinski definition) is 1. The predicted octanol–water partition coefficient (Wildman–Crippen LogP) is 1.22. The third-order valence-corrected chi connectivity index (χ3v) is 3.21. The van der Waals surface area contributed by atoms with Crippen molar-refractivity contribution in [3.05, 3.63) is 0 Å². The zero-order valence-corrected chi connectivity index (χ0v) is 8.21. The maximum atomic E-state index is 3.59. The van der Waals surface area contributed by atoms with Crippen LogP contribution in [-0.4, -0.2) is 36.1 Å². The van der Waals surface area contributed by atoms with Gasteiger partial charge in [0, 0.05) is 31.2 Å². The zero-order chi connectivity index (χ0) is 8.55. The van der Waals surface area contributed by atoms with E-state index in [0.29, 0.717) is 0 Å². The van der Waals surface area contributed by atoms with Crippen LogP contribution in [0.5, 0.6) is 0 Å². The average molecular weight is 168 g/mol. The van der Waals surface area contributed by atoms with Crippen LogP contribution in [0.15, 0.2) is 0 Å². The van der Waals surface area contributed by atoms with Gasteiger partial charge in [-0.3, -0.25) is 4.90 Å². The zero-order valence-electron chi connectivity index (χ0n) is 8.21. The van der Waals surface area contributed by atoms with Crippen LogP contribution >= 0.6 is 0 Å². The highest BCUT2D eigenvalue weighted by Crippen LogP contribution is 2.29. The summed E-state index contributed by atoms with van der Waals surface area (Å²) in [6.45, 7) is 7.09. The fraction of sp³-hybridized carbons (Fsp3) is 1.00. The van der Waals surface area contributed by atoms with Crippen molar-refractivity contribution in [3.63, 3.8) is 0 Å². The van der Waals surface area contributed by atoms with Crippen molar-refractivity contribution in [1.82, 2.24) is 10.2 Å². The van der Waals surface area contributed by atoms with E-state index in [9.17, 15) is 0 Å². The highest BCUT2D eigenvalue weighted by atomic mass is 15.3. The molecule has 0 bridgehead atoms. The minimum Gasteiger partial charge on any atom is -0.311 e. The maximum absolute atomic E-state index is 3.59. The average Bonchev–Trinajstić information content (AvgIpc) is 2.88. The summed E-state index contributed by atoms with van der Waals surface area (Å²) >= 11 is 0. The lowest BCUT2D eigenvalue weighted by Gasteiger charge is -2.38. The fourth-order valence-electron chi connectivity index (χ4n) is 2.14. The van der Waals surface area contributed by atoms with Crippen LogP contribution in [0.4, 0.5) is 0 Å². The van der Waals surface area contributed by atoms with Crippen LogP contribution in [0.2, 0.25) is 0 Å². The van der Waals surface area contributed by atoms with Gasteiger partial charge in [-0.05, 0) is 26.2 Å². The number of rotatable bonds is 2. The molecule has 2 rings (SSSR count). The topological polar surface area (TPSA) is 15.3 Å². The van der Waals surface area contributed by atoms with Gasteiger partial charge in [0.15, 0.2) is 0 Å². The molecule has 1 saturated heterocycles. The molecule has 2 heteroatoms. The summed E-state index contributed by atoms with van der Waals surface area (Å²) in [4.78, 5) is 2.70. The molecule has 1 saturated carbocycles. The Kier molecular flexibility index (Phi) is 2.37. The number of nitrogens with one attached hydrogen (secondary N) is 1. The van der Waals surface area contributed by atoms with Crippen LogP contribution < -0.4 is 5.32 Å². The highest BCUT2D eigenvalue weighted by Gasteiger charge is 2.35. The second kappa shape index (κ2) is 3.35. The molecule has 12 heavy (non-hydrogen) atoms. The van der Waals surface area contributed by atoms with Gasteiger partial charge in [-0.25, -0.2) is 0 Å². The normalized spacial score (nSPS) is 38.5. The van der Waals surface area contributed by atoms with E-state index in [1.807, 2.05) is 0 Å². The van der Waals surface area contributed by atoms with E-state index in [0.717, 1.165) is 18.1 Å². The van der Waals surface area contributed by atoms with E-state index >= 15 is 0 Å². The quantitative estimate of drug-likeness (QED) is 0.667. The Bertz CT molecular complexity index is 154. The van der Waals surface area contributed by atoms with Gasteiger partial charge in [0.25, 0.3) is 0 Å². The minimum absolute atomic E-state index is 0.752. The Balaban J connectivity index is 1.90. The molecule has 2 atom stereocenters. The van der Waals surface area contributed by atoms with Crippen LogP contribution in [0, 0.1) is 0 Å². The van der Waals surface area contributed by atoms with Crippen molar-refractivity contribution in [2.75, 3.05) is 13.1 Å². The van der Waals surface area contributed by atoms with Crippen LogP contribution in [-0.2, 0) is 0 Å². The molecule has 0 aromatic rings. The lowest BCUT2D eigenvalue weighted by Crippen LogP contribution is -2.55. The molecule has 2 nitrogen and oxygen atoms in total. The Hall–Kier alpha value is -0.0800. The third-order valence-electron chi connectivity index (χ3n) is 3.21. The molecule has 70 valence electrons. The molecular formula is C10H20N2. The Morgan fingerprint density at radius 3 is 2.75 bits per heavy atom. The van der Waals surface area contributed by atoms with Gasteiger partial charge in [-0.1, -0.05) is 6.92 Å². The summed E-state index contributed by atoms with van der Waals surface area (Å²) in [7, 11) is 0.